The standard InChI is InChI=1S/C16H32N4O/c1-5-17-16(19-10-9-18-15(21)12(2)3)20-14-8-6-7-13(4)11-14/h12-14H,5-11H2,1-4H3,(H,18,21)(H2,17,19,20). The van der Waals surface area contributed by atoms with Gasteiger partial charge >= 0.3 is 0 Å². The summed E-state index contributed by atoms with van der Waals surface area (Å²) in [6, 6.07) is 0.525. The fourth-order valence-corrected chi connectivity index (χ4v) is 2.63. The lowest BCUT2D eigenvalue weighted by atomic mass is 9.87. The molecule has 3 N–H and O–H groups in total. The number of aliphatic imine (C=N–C) groups is 1. The van der Waals surface area contributed by atoms with E-state index in [0.29, 0.717) is 19.1 Å². The van der Waals surface area contributed by atoms with Gasteiger partial charge in [-0.3, -0.25) is 9.79 Å². The Morgan fingerprint density at radius 1 is 1.29 bits per heavy atom. The van der Waals surface area contributed by atoms with Crippen molar-refractivity contribution < 1.29 is 4.79 Å². The van der Waals surface area contributed by atoms with Gasteiger partial charge < -0.3 is 16.0 Å². The number of rotatable bonds is 6. The average molecular weight is 296 g/mol. The largest absolute Gasteiger partial charge is 0.357 e. The van der Waals surface area contributed by atoms with Crippen molar-refractivity contribution in [2.24, 2.45) is 16.8 Å². The van der Waals surface area contributed by atoms with Gasteiger partial charge in [0.1, 0.15) is 0 Å². The first-order valence-electron chi connectivity index (χ1n) is 8.35. The molecule has 2 unspecified atom stereocenters. The third-order valence-corrected chi connectivity index (χ3v) is 3.83. The topological polar surface area (TPSA) is 65.5 Å². The molecule has 1 aliphatic rings. The van der Waals surface area contributed by atoms with E-state index in [2.05, 4.69) is 34.8 Å². The Morgan fingerprint density at radius 3 is 2.67 bits per heavy atom. The molecular formula is C16H32N4O. The van der Waals surface area contributed by atoms with Crippen LogP contribution in [0.4, 0.5) is 0 Å². The highest BCUT2D eigenvalue weighted by molar-refractivity contribution is 5.80. The lowest BCUT2D eigenvalue weighted by Gasteiger charge is -2.28. The van der Waals surface area contributed by atoms with Crippen LogP contribution in [0.5, 0.6) is 0 Å². The van der Waals surface area contributed by atoms with Gasteiger partial charge in [-0.05, 0) is 25.7 Å². The second-order valence-corrected chi connectivity index (χ2v) is 6.32. The Bertz CT molecular complexity index is 341. The molecule has 0 saturated heterocycles. The monoisotopic (exact) mass is 296 g/mol. The van der Waals surface area contributed by atoms with E-state index < -0.39 is 0 Å². The van der Waals surface area contributed by atoms with Crippen LogP contribution in [0.2, 0.25) is 0 Å². The van der Waals surface area contributed by atoms with Crippen molar-refractivity contribution in [3.63, 3.8) is 0 Å². The Morgan fingerprint density at radius 2 is 2.05 bits per heavy atom. The Balaban J connectivity index is 2.37. The van der Waals surface area contributed by atoms with Crippen LogP contribution in [0.3, 0.4) is 0 Å². The summed E-state index contributed by atoms with van der Waals surface area (Å²) >= 11 is 0. The first kappa shape index (κ1) is 17.8. The van der Waals surface area contributed by atoms with Gasteiger partial charge in [0.25, 0.3) is 0 Å². The Hall–Kier alpha value is -1.26. The van der Waals surface area contributed by atoms with Gasteiger partial charge in [0.15, 0.2) is 5.96 Å². The fraction of sp³-hybridized carbons (Fsp3) is 0.875. The minimum absolute atomic E-state index is 0.0315. The van der Waals surface area contributed by atoms with Crippen molar-refractivity contribution in [3.8, 4) is 0 Å². The molecule has 1 fully saturated rings. The number of carbonyl (C=O) groups is 1. The van der Waals surface area contributed by atoms with Gasteiger partial charge in [0.05, 0.1) is 6.54 Å². The number of hydrogen-bond acceptors (Lipinski definition) is 2. The van der Waals surface area contributed by atoms with E-state index >= 15 is 0 Å². The molecule has 0 aromatic rings. The SMILES string of the molecule is CCNC(=NCCNC(=O)C(C)C)NC1CCCC(C)C1. The number of amides is 1. The van der Waals surface area contributed by atoms with Crippen LogP contribution in [0.15, 0.2) is 4.99 Å². The van der Waals surface area contributed by atoms with Gasteiger partial charge in [-0.15, -0.1) is 0 Å². The number of nitrogens with zero attached hydrogens (tertiary/aromatic N) is 1. The van der Waals surface area contributed by atoms with Gasteiger partial charge in [-0.2, -0.15) is 0 Å². The molecule has 0 heterocycles. The maximum Gasteiger partial charge on any atom is 0.222 e. The highest BCUT2D eigenvalue weighted by Crippen LogP contribution is 2.23. The van der Waals surface area contributed by atoms with E-state index in [-0.39, 0.29) is 11.8 Å². The molecule has 21 heavy (non-hydrogen) atoms. The van der Waals surface area contributed by atoms with Crippen LogP contribution in [0, 0.1) is 11.8 Å². The summed E-state index contributed by atoms with van der Waals surface area (Å²) in [4.78, 5) is 16.0. The number of nitrogens with one attached hydrogen (secondary N) is 3. The predicted molar refractivity (Wildman–Crippen MR) is 88.4 cm³/mol. The fourth-order valence-electron chi connectivity index (χ4n) is 2.63. The first-order chi connectivity index (χ1) is 10.0. The van der Waals surface area contributed by atoms with Gasteiger partial charge in [-0.1, -0.05) is 33.6 Å². The van der Waals surface area contributed by atoms with Gasteiger partial charge in [-0.25, -0.2) is 0 Å². The number of hydrogen-bond donors (Lipinski definition) is 3. The van der Waals surface area contributed by atoms with Crippen molar-refractivity contribution in [2.75, 3.05) is 19.6 Å². The smallest absolute Gasteiger partial charge is 0.222 e. The van der Waals surface area contributed by atoms with Gasteiger partial charge in [0, 0.05) is 25.0 Å². The normalized spacial score (nSPS) is 23.0. The average Bonchev–Trinajstić information content (AvgIpc) is 2.43. The van der Waals surface area contributed by atoms with E-state index in [4.69, 9.17) is 0 Å². The summed E-state index contributed by atoms with van der Waals surface area (Å²) < 4.78 is 0. The lowest BCUT2D eigenvalue weighted by molar-refractivity contribution is -0.123. The molecule has 0 aromatic heterocycles. The first-order valence-corrected chi connectivity index (χ1v) is 8.35. The van der Waals surface area contributed by atoms with Crippen molar-refractivity contribution in [2.45, 2.75) is 59.4 Å². The van der Waals surface area contributed by atoms with Crippen LogP contribution < -0.4 is 16.0 Å². The van der Waals surface area contributed by atoms with E-state index in [1.165, 1.54) is 25.7 Å². The zero-order valence-corrected chi connectivity index (χ0v) is 14.0. The second kappa shape index (κ2) is 9.64. The highest BCUT2D eigenvalue weighted by Gasteiger charge is 2.19. The molecule has 5 nitrogen and oxygen atoms in total. The molecule has 5 heteroatoms. The zero-order valence-electron chi connectivity index (χ0n) is 14.0. The molecule has 0 aromatic carbocycles. The summed E-state index contributed by atoms with van der Waals surface area (Å²) in [6.45, 7) is 10.2. The molecule has 1 saturated carbocycles. The second-order valence-electron chi connectivity index (χ2n) is 6.32. The molecule has 1 amide bonds. The molecule has 0 aliphatic heterocycles. The summed E-state index contributed by atoms with van der Waals surface area (Å²) in [5.74, 6) is 1.79. The highest BCUT2D eigenvalue weighted by atomic mass is 16.1. The molecule has 0 bridgehead atoms. The third kappa shape index (κ3) is 7.34. The van der Waals surface area contributed by atoms with E-state index in [1.807, 2.05) is 13.8 Å². The molecule has 0 spiro atoms. The van der Waals surface area contributed by atoms with Gasteiger partial charge in [0.2, 0.25) is 5.91 Å². The molecule has 2 atom stereocenters. The number of guanidine groups is 1. The van der Waals surface area contributed by atoms with Crippen LogP contribution in [-0.4, -0.2) is 37.5 Å². The maximum absolute atomic E-state index is 11.5. The Kier molecular flexibility index (Phi) is 8.16. The molecular weight excluding hydrogens is 264 g/mol. The lowest BCUT2D eigenvalue weighted by Crippen LogP contribution is -2.45. The third-order valence-electron chi connectivity index (χ3n) is 3.83. The quantitative estimate of drug-likeness (QED) is 0.398. The summed E-state index contributed by atoms with van der Waals surface area (Å²) in [5, 5.41) is 9.69. The van der Waals surface area contributed by atoms with Crippen LogP contribution >= 0.6 is 0 Å². The van der Waals surface area contributed by atoms with Crippen LogP contribution in [0.1, 0.15) is 53.4 Å². The molecule has 1 rings (SSSR count). The van der Waals surface area contributed by atoms with Crippen LogP contribution in [-0.2, 0) is 4.79 Å². The number of carbonyl (C=O) groups excluding carboxylic acids is 1. The van der Waals surface area contributed by atoms with E-state index in [1.54, 1.807) is 0 Å². The van der Waals surface area contributed by atoms with Crippen molar-refractivity contribution in [1.82, 2.24) is 16.0 Å². The Labute approximate surface area is 129 Å². The predicted octanol–water partition coefficient (Wildman–Crippen LogP) is 1.89. The van der Waals surface area contributed by atoms with Crippen LogP contribution in [0.25, 0.3) is 0 Å². The molecule has 122 valence electrons. The maximum atomic E-state index is 11.5. The summed E-state index contributed by atoms with van der Waals surface area (Å²) in [7, 11) is 0. The van der Waals surface area contributed by atoms with Crippen molar-refractivity contribution in [3.05, 3.63) is 0 Å². The molecule has 0 radical (unpaired) electrons. The summed E-state index contributed by atoms with van der Waals surface area (Å²) in [5.41, 5.74) is 0. The minimum Gasteiger partial charge on any atom is -0.357 e. The summed E-state index contributed by atoms with van der Waals surface area (Å²) in [6.07, 6.45) is 5.07. The van der Waals surface area contributed by atoms with E-state index in [9.17, 15) is 4.79 Å². The van der Waals surface area contributed by atoms with Crippen molar-refractivity contribution in [1.29, 1.82) is 0 Å². The zero-order chi connectivity index (χ0) is 15.7. The minimum atomic E-state index is 0.0315. The van der Waals surface area contributed by atoms with E-state index in [0.717, 1.165) is 18.4 Å². The van der Waals surface area contributed by atoms with Crippen molar-refractivity contribution >= 4 is 11.9 Å². The molecule has 1 aliphatic carbocycles.